The van der Waals surface area contributed by atoms with Crippen LogP contribution in [-0.2, 0) is 10.8 Å². The third kappa shape index (κ3) is 3.09. The van der Waals surface area contributed by atoms with Crippen LogP contribution >= 0.6 is 0 Å². The van der Waals surface area contributed by atoms with Crippen molar-refractivity contribution in [2.24, 2.45) is 5.92 Å². The van der Waals surface area contributed by atoms with Gasteiger partial charge in [0, 0.05) is 17.6 Å². The smallest absolute Gasteiger partial charge is 0.218 e. The second-order valence-corrected chi connectivity index (χ2v) is 5.59. The number of piperidine rings is 1. The molecule has 0 unspecified atom stereocenters. The van der Waals surface area contributed by atoms with Crippen LogP contribution in [0.4, 0.5) is 0 Å². The van der Waals surface area contributed by atoms with Crippen molar-refractivity contribution in [3.8, 4) is 0 Å². The van der Waals surface area contributed by atoms with Crippen molar-refractivity contribution in [3.05, 3.63) is 18.0 Å². The van der Waals surface area contributed by atoms with E-state index in [-0.39, 0.29) is 0 Å². The average molecular weight is 239 g/mol. The van der Waals surface area contributed by atoms with Crippen molar-refractivity contribution < 1.29 is 4.21 Å². The summed E-state index contributed by atoms with van der Waals surface area (Å²) in [5.74, 6) is 1.18. The fourth-order valence-electron chi connectivity index (χ4n) is 1.89. The Hall–Kier alpha value is -0.810. The first kappa shape index (κ1) is 11.7. The minimum Gasteiger partial charge on any atom is -0.316 e. The SMILES string of the molecule is Cc1ccnc([S@@](=O)C[C@H]2CCCNC2)n1. The molecule has 0 amide bonds. The van der Waals surface area contributed by atoms with Crippen LogP contribution in [-0.4, -0.2) is 33.0 Å². The molecule has 0 saturated carbocycles. The summed E-state index contributed by atoms with van der Waals surface area (Å²) in [5, 5.41) is 3.81. The van der Waals surface area contributed by atoms with Crippen LogP contribution in [0.1, 0.15) is 18.5 Å². The van der Waals surface area contributed by atoms with Gasteiger partial charge in [0.25, 0.3) is 0 Å². The summed E-state index contributed by atoms with van der Waals surface area (Å²) in [6, 6.07) is 1.82. The fourth-order valence-corrected chi connectivity index (χ4v) is 3.18. The van der Waals surface area contributed by atoms with E-state index in [1.165, 1.54) is 6.42 Å². The van der Waals surface area contributed by atoms with Gasteiger partial charge in [0.1, 0.15) is 0 Å². The zero-order chi connectivity index (χ0) is 11.4. The van der Waals surface area contributed by atoms with Gasteiger partial charge in [-0.05, 0) is 44.8 Å². The minimum absolute atomic E-state index is 0.477. The number of nitrogens with one attached hydrogen (secondary N) is 1. The van der Waals surface area contributed by atoms with Gasteiger partial charge in [-0.15, -0.1) is 0 Å². The predicted molar refractivity (Wildman–Crippen MR) is 63.6 cm³/mol. The van der Waals surface area contributed by atoms with Crippen LogP contribution in [0.5, 0.6) is 0 Å². The van der Waals surface area contributed by atoms with Crippen LogP contribution in [0.3, 0.4) is 0 Å². The topological polar surface area (TPSA) is 54.9 Å². The normalized spacial score (nSPS) is 22.9. The quantitative estimate of drug-likeness (QED) is 0.796. The Bertz CT molecular complexity index is 377. The lowest BCUT2D eigenvalue weighted by molar-refractivity contribution is 0.407. The Kier molecular flexibility index (Phi) is 4.01. The molecular formula is C11H17N3OS. The Balaban J connectivity index is 1.97. The molecule has 0 radical (unpaired) electrons. The summed E-state index contributed by atoms with van der Waals surface area (Å²) in [6.07, 6.45) is 4.01. The van der Waals surface area contributed by atoms with Gasteiger partial charge >= 0.3 is 0 Å². The summed E-state index contributed by atoms with van der Waals surface area (Å²) in [7, 11) is -1.05. The monoisotopic (exact) mass is 239 g/mol. The van der Waals surface area contributed by atoms with Crippen LogP contribution in [0.25, 0.3) is 0 Å². The predicted octanol–water partition coefficient (Wildman–Crippen LogP) is 0.892. The summed E-state index contributed by atoms with van der Waals surface area (Å²) < 4.78 is 12.0. The lowest BCUT2D eigenvalue weighted by Crippen LogP contribution is -2.32. The zero-order valence-corrected chi connectivity index (χ0v) is 10.3. The average Bonchev–Trinajstić information content (AvgIpc) is 2.30. The maximum atomic E-state index is 12.0. The molecule has 1 aliphatic rings. The number of hydrogen-bond donors (Lipinski definition) is 1. The summed E-state index contributed by atoms with van der Waals surface area (Å²) >= 11 is 0. The highest BCUT2D eigenvalue weighted by Gasteiger charge is 2.18. The molecule has 5 heteroatoms. The van der Waals surface area contributed by atoms with Crippen molar-refractivity contribution in [1.82, 2.24) is 15.3 Å². The maximum absolute atomic E-state index is 12.0. The molecule has 0 aromatic carbocycles. The zero-order valence-electron chi connectivity index (χ0n) is 9.48. The van der Waals surface area contributed by atoms with E-state index < -0.39 is 10.8 Å². The molecule has 4 nitrogen and oxygen atoms in total. The summed E-state index contributed by atoms with van der Waals surface area (Å²) in [4.78, 5) is 8.28. The molecule has 2 heterocycles. The van der Waals surface area contributed by atoms with E-state index in [1.54, 1.807) is 6.20 Å². The first-order valence-electron chi connectivity index (χ1n) is 5.64. The number of rotatable bonds is 3. The molecule has 2 rings (SSSR count). The number of aryl methyl sites for hydroxylation is 1. The first-order valence-corrected chi connectivity index (χ1v) is 6.96. The van der Waals surface area contributed by atoms with Crippen LogP contribution in [0.2, 0.25) is 0 Å². The Labute approximate surface area is 98.3 Å². The van der Waals surface area contributed by atoms with E-state index >= 15 is 0 Å². The lowest BCUT2D eigenvalue weighted by Gasteiger charge is -2.21. The van der Waals surface area contributed by atoms with Crippen molar-refractivity contribution >= 4 is 10.8 Å². The molecular weight excluding hydrogens is 222 g/mol. The molecule has 0 aliphatic carbocycles. The van der Waals surface area contributed by atoms with Gasteiger partial charge in [0.2, 0.25) is 5.16 Å². The Morgan fingerprint density at radius 1 is 1.62 bits per heavy atom. The highest BCUT2D eigenvalue weighted by Crippen LogP contribution is 2.13. The van der Waals surface area contributed by atoms with Crippen molar-refractivity contribution in [3.63, 3.8) is 0 Å². The largest absolute Gasteiger partial charge is 0.316 e. The van der Waals surface area contributed by atoms with Gasteiger partial charge in [0.15, 0.2) is 0 Å². The molecule has 16 heavy (non-hydrogen) atoms. The van der Waals surface area contributed by atoms with Crippen molar-refractivity contribution in [2.75, 3.05) is 18.8 Å². The van der Waals surface area contributed by atoms with Gasteiger partial charge in [-0.1, -0.05) is 0 Å². The molecule has 1 aromatic heterocycles. The maximum Gasteiger partial charge on any atom is 0.218 e. The van der Waals surface area contributed by atoms with E-state index in [2.05, 4.69) is 15.3 Å². The first-order chi connectivity index (χ1) is 7.75. The van der Waals surface area contributed by atoms with Gasteiger partial charge in [0.05, 0.1) is 10.8 Å². The van der Waals surface area contributed by atoms with Gasteiger partial charge in [-0.2, -0.15) is 0 Å². The molecule has 1 aromatic rings. The lowest BCUT2D eigenvalue weighted by atomic mass is 10.0. The molecule has 1 aliphatic heterocycles. The Morgan fingerprint density at radius 3 is 3.19 bits per heavy atom. The van der Waals surface area contributed by atoms with Gasteiger partial charge in [-0.25, -0.2) is 9.97 Å². The van der Waals surface area contributed by atoms with Crippen LogP contribution < -0.4 is 5.32 Å². The fraction of sp³-hybridized carbons (Fsp3) is 0.636. The number of nitrogens with zero attached hydrogens (tertiary/aromatic N) is 2. The van der Waals surface area contributed by atoms with E-state index in [1.807, 2.05) is 13.0 Å². The molecule has 88 valence electrons. The van der Waals surface area contributed by atoms with Gasteiger partial charge in [-0.3, -0.25) is 4.21 Å². The van der Waals surface area contributed by atoms with Crippen molar-refractivity contribution in [2.45, 2.75) is 24.9 Å². The third-order valence-electron chi connectivity index (χ3n) is 2.76. The molecule has 0 spiro atoms. The molecule has 2 atom stereocenters. The standard InChI is InChI=1S/C11H17N3OS/c1-9-4-6-13-11(14-9)16(15)8-10-3-2-5-12-7-10/h4,6,10,12H,2-3,5,7-8H2,1H3/t10-,16-/m0/s1. The minimum atomic E-state index is -1.05. The summed E-state index contributed by atoms with van der Waals surface area (Å²) in [6.45, 7) is 3.95. The molecule has 1 fully saturated rings. The highest BCUT2D eigenvalue weighted by atomic mass is 32.2. The van der Waals surface area contributed by atoms with E-state index in [4.69, 9.17) is 0 Å². The van der Waals surface area contributed by atoms with E-state index in [0.717, 1.165) is 25.2 Å². The second-order valence-electron chi connectivity index (χ2n) is 4.21. The molecule has 1 N–H and O–H groups in total. The molecule has 0 bridgehead atoms. The van der Waals surface area contributed by atoms with Crippen LogP contribution in [0.15, 0.2) is 17.4 Å². The van der Waals surface area contributed by atoms with Crippen molar-refractivity contribution in [1.29, 1.82) is 0 Å². The molecule has 1 saturated heterocycles. The van der Waals surface area contributed by atoms with Crippen LogP contribution in [0, 0.1) is 12.8 Å². The second kappa shape index (κ2) is 5.50. The Morgan fingerprint density at radius 2 is 2.50 bits per heavy atom. The number of aromatic nitrogens is 2. The summed E-state index contributed by atoms with van der Waals surface area (Å²) in [5.41, 5.74) is 0.875. The highest BCUT2D eigenvalue weighted by molar-refractivity contribution is 7.84. The van der Waals surface area contributed by atoms with E-state index in [0.29, 0.717) is 16.8 Å². The van der Waals surface area contributed by atoms with Gasteiger partial charge < -0.3 is 5.32 Å². The third-order valence-corrected chi connectivity index (χ3v) is 4.14. The number of hydrogen-bond acceptors (Lipinski definition) is 4. The van der Waals surface area contributed by atoms with E-state index in [9.17, 15) is 4.21 Å².